The molecule has 1 fully saturated rings. The summed E-state index contributed by atoms with van der Waals surface area (Å²) in [6.07, 6.45) is 4.32. The van der Waals surface area contributed by atoms with Crippen molar-refractivity contribution in [3.63, 3.8) is 0 Å². The highest BCUT2D eigenvalue weighted by atomic mass is 16.5. The first kappa shape index (κ1) is 8.02. The van der Waals surface area contributed by atoms with Gasteiger partial charge in [0.2, 0.25) is 0 Å². The van der Waals surface area contributed by atoms with Crippen LogP contribution >= 0.6 is 0 Å². The van der Waals surface area contributed by atoms with Crippen LogP contribution in [0, 0.1) is 0 Å². The normalized spacial score (nSPS) is 34.2. The molecule has 0 amide bonds. The Kier molecular flexibility index (Phi) is 2.69. The standard InChI is InChI=1S/C8H16O2/c1-8(5-6-9)4-2-3-7-10-8/h9H,2-7H2,1H3. The van der Waals surface area contributed by atoms with Gasteiger partial charge in [-0.15, -0.1) is 0 Å². The Morgan fingerprint density at radius 1 is 1.50 bits per heavy atom. The molecule has 0 spiro atoms. The van der Waals surface area contributed by atoms with Crippen molar-refractivity contribution in [2.24, 2.45) is 0 Å². The molecule has 1 aliphatic heterocycles. The van der Waals surface area contributed by atoms with E-state index in [0.717, 1.165) is 19.4 Å². The Morgan fingerprint density at radius 3 is 2.80 bits per heavy atom. The van der Waals surface area contributed by atoms with Crippen molar-refractivity contribution in [3.8, 4) is 0 Å². The molecule has 2 nitrogen and oxygen atoms in total. The topological polar surface area (TPSA) is 29.5 Å². The molecular weight excluding hydrogens is 128 g/mol. The summed E-state index contributed by atoms with van der Waals surface area (Å²) in [7, 11) is 0. The number of hydrogen-bond acceptors (Lipinski definition) is 2. The highest BCUT2D eigenvalue weighted by Crippen LogP contribution is 2.26. The van der Waals surface area contributed by atoms with Crippen molar-refractivity contribution in [3.05, 3.63) is 0 Å². The van der Waals surface area contributed by atoms with Gasteiger partial charge in [-0.2, -0.15) is 0 Å². The van der Waals surface area contributed by atoms with Gasteiger partial charge in [-0.3, -0.25) is 0 Å². The van der Waals surface area contributed by atoms with E-state index in [0.29, 0.717) is 0 Å². The third kappa shape index (κ3) is 1.96. The molecule has 1 heterocycles. The van der Waals surface area contributed by atoms with Crippen molar-refractivity contribution in [1.29, 1.82) is 0 Å². The molecule has 1 aliphatic rings. The lowest BCUT2D eigenvalue weighted by atomic mass is 9.93. The third-order valence-corrected chi connectivity index (χ3v) is 2.19. The third-order valence-electron chi connectivity index (χ3n) is 2.19. The Bertz CT molecular complexity index is 89.9. The van der Waals surface area contributed by atoms with Crippen LogP contribution < -0.4 is 0 Å². The zero-order valence-electron chi connectivity index (χ0n) is 6.60. The lowest BCUT2D eigenvalue weighted by Gasteiger charge is -2.33. The fourth-order valence-electron chi connectivity index (χ4n) is 1.43. The molecule has 0 aromatic carbocycles. The Hall–Kier alpha value is -0.0800. The van der Waals surface area contributed by atoms with Crippen LogP contribution in [0.2, 0.25) is 0 Å². The second-order valence-electron chi connectivity index (χ2n) is 3.23. The minimum atomic E-state index is -0.0208. The molecule has 2 heteroatoms. The smallest absolute Gasteiger partial charge is 0.0676 e. The van der Waals surface area contributed by atoms with E-state index >= 15 is 0 Å². The van der Waals surface area contributed by atoms with Crippen LogP contribution in [-0.2, 0) is 4.74 Å². The number of ether oxygens (including phenoxy) is 1. The molecule has 0 bridgehead atoms. The second kappa shape index (κ2) is 3.35. The molecule has 10 heavy (non-hydrogen) atoms. The van der Waals surface area contributed by atoms with Crippen LogP contribution in [-0.4, -0.2) is 23.9 Å². The largest absolute Gasteiger partial charge is 0.396 e. The minimum absolute atomic E-state index is 0.0208. The first-order valence-corrected chi connectivity index (χ1v) is 4.02. The highest BCUT2D eigenvalue weighted by molar-refractivity contribution is 4.77. The molecule has 0 aliphatic carbocycles. The summed E-state index contributed by atoms with van der Waals surface area (Å²) < 4.78 is 5.55. The molecule has 0 saturated carbocycles. The van der Waals surface area contributed by atoms with Crippen LogP contribution in [0.5, 0.6) is 0 Å². The van der Waals surface area contributed by atoms with Crippen molar-refractivity contribution < 1.29 is 9.84 Å². The maximum Gasteiger partial charge on any atom is 0.0676 e. The van der Waals surface area contributed by atoms with Gasteiger partial charge in [0.25, 0.3) is 0 Å². The van der Waals surface area contributed by atoms with Crippen LogP contribution in [0.15, 0.2) is 0 Å². The van der Waals surface area contributed by atoms with Crippen LogP contribution in [0.1, 0.15) is 32.6 Å². The van der Waals surface area contributed by atoms with Crippen molar-refractivity contribution in [2.45, 2.75) is 38.2 Å². The van der Waals surface area contributed by atoms with Crippen LogP contribution in [0.25, 0.3) is 0 Å². The van der Waals surface area contributed by atoms with E-state index in [1.54, 1.807) is 0 Å². The van der Waals surface area contributed by atoms with Gasteiger partial charge in [-0.05, 0) is 32.6 Å². The van der Waals surface area contributed by atoms with E-state index in [1.807, 2.05) is 0 Å². The predicted molar refractivity (Wildman–Crippen MR) is 39.9 cm³/mol. The molecule has 1 atom stereocenters. The summed E-state index contributed by atoms with van der Waals surface area (Å²) in [5.41, 5.74) is -0.0208. The number of rotatable bonds is 2. The zero-order chi connectivity index (χ0) is 7.45. The van der Waals surface area contributed by atoms with Gasteiger partial charge in [-0.25, -0.2) is 0 Å². The Balaban J connectivity index is 2.32. The molecule has 0 aromatic rings. The van der Waals surface area contributed by atoms with E-state index in [-0.39, 0.29) is 12.2 Å². The monoisotopic (exact) mass is 144 g/mol. The van der Waals surface area contributed by atoms with Gasteiger partial charge in [0.15, 0.2) is 0 Å². The number of aliphatic hydroxyl groups excluding tert-OH is 1. The van der Waals surface area contributed by atoms with Gasteiger partial charge in [0.1, 0.15) is 0 Å². The molecule has 1 N–H and O–H groups in total. The average molecular weight is 144 g/mol. The first-order chi connectivity index (χ1) is 4.77. The molecule has 1 saturated heterocycles. The maximum absolute atomic E-state index is 8.70. The van der Waals surface area contributed by atoms with Gasteiger partial charge >= 0.3 is 0 Å². The van der Waals surface area contributed by atoms with Crippen molar-refractivity contribution in [1.82, 2.24) is 0 Å². The van der Waals surface area contributed by atoms with Crippen LogP contribution in [0.3, 0.4) is 0 Å². The van der Waals surface area contributed by atoms with E-state index < -0.39 is 0 Å². The average Bonchev–Trinajstić information content (AvgIpc) is 1.89. The van der Waals surface area contributed by atoms with E-state index in [4.69, 9.17) is 9.84 Å². The lowest BCUT2D eigenvalue weighted by molar-refractivity contribution is -0.0770. The quantitative estimate of drug-likeness (QED) is 0.633. The summed E-state index contributed by atoms with van der Waals surface area (Å²) in [4.78, 5) is 0. The SMILES string of the molecule is CC1(CCO)CCCCO1. The van der Waals surface area contributed by atoms with E-state index in [9.17, 15) is 0 Å². The summed E-state index contributed by atoms with van der Waals surface area (Å²) in [5.74, 6) is 0. The van der Waals surface area contributed by atoms with Crippen molar-refractivity contribution in [2.75, 3.05) is 13.2 Å². The second-order valence-corrected chi connectivity index (χ2v) is 3.23. The summed E-state index contributed by atoms with van der Waals surface area (Å²) in [6.45, 7) is 3.20. The van der Waals surface area contributed by atoms with Gasteiger partial charge < -0.3 is 9.84 Å². The molecular formula is C8H16O2. The van der Waals surface area contributed by atoms with Crippen LogP contribution in [0.4, 0.5) is 0 Å². The lowest BCUT2D eigenvalue weighted by Crippen LogP contribution is -2.33. The van der Waals surface area contributed by atoms with Gasteiger partial charge in [0.05, 0.1) is 5.60 Å². The maximum atomic E-state index is 8.70. The van der Waals surface area contributed by atoms with E-state index in [2.05, 4.69) is 6.92 Å². The van der Waals surface area contributed by atoms with E-state index in [1.165, 1.54) is 12.8 Å². The Morgan fingerprint density at radius 2 is 2.30 bits per heavy atom. The Labute approximate surface area is 62.2 Å². The van der Waals surface area contributed by atoms with Gasteiger partial charge in [0, 0.05) is 13.2 Å². The molecule has 60 valence electrons. The van der Waals surface area contributed by atoms with Gasteiger partial charge in [-0.1, -0.05) is 0 Å². The summed E-state index contributed by atoms with van der Waals surface area (Å²) >= 11 is 0. The van der Waals surface area contributed by atoms with Crippen molar-refractivity contribution >= 4 is 0 Å². The molecule has 0 aromatic heterocycles. The predicted octanol–water partition coefficient (Wildman–Crippen LogP) is 1.33. The zero-order valence-corrected chi connectivity index (χ0v) is 6.60. The molecule has 1 unspecified atom stereocenters. The fraction of sp³-hybridized carbons (Fsp3) is 1.00. The fourth-order valence-corrected chi connectivity index (χ4v) is 1.43. The highest BCUT2D eigenvalue weighted by Gasteiger charge is 2.26. The molecule has 0 radical (unpaired) electrons. The number of hydrogen-bond donors (Lipinski definition) is 1. The summed E-state index contributed by atoms with van der Waals surface area (Å²) in [5, 5.41) is 8.70. The minimum Gasteiger partial charge on any atom is -0.396 e. The summed E-state index contributed by atoms with van der Waals surface area (Å²) in [6, 6.07) is 0. The number of aliphatic hydroxyl groups is 1. The molecule has 1 rings (SSSR count). The first-order valence-electron chi connectivity index (χ1n) is 4.02.